The molecule has 3 aromatic rings. The summed E-state index contributed by atoms with van der Waals surface area (Å²) in [6, 6.07) is 10.1. The van der Waals surface area contributed by atoms with Crippen molar-refractivity contribution in [3.63, 3.8) is 0 Å². The Bertz CT molecular complexity index is 1450. The van der Waals surface area contributed by atoms with Gasteiger partial charge in [-0.3, -0.25) is 9.10 Å². The number of hydrogen-bond donors (Lipinski definition) is 3. The molecule has 1 aromatic heterocycles. The molecular formula is C28H33F3N6O4S. The monoisotopic (exact) mass is 606 g/mol. The molecule has 1 aliphatic heterocycles. The number of ether oxygens (including phenoxy) is 2. The molecule has 0 radical (unpaired) electrons. The third kappa shape index (κ3) is 7.68. The number of anilines is 4. The van der Waals surface area contributed by atoms with Gasteiger partial charge < -0.3 is 25.4 Å². The number of nitrogens with zero attached hydrogens (tertiary/aromatic N) is 3. The van der Waals surface area contributed by atoms with Gasteiger partial charge in [-0.1, -0.05) is 12.1 Å². The first-order valence-corrected chi connectivity index (χ1v) is 14.7. The molecular weight excluding hydrogens is 573 g/mol. The van der Waals surface area contributed by atoms with Crippen molar-refractivity contribution in [2.45, 2.75) is 38.5 Å². The van der Waals surface area contributed by atoms with Crippen LogP contribution in [0.1, 0.15) is 39.9 Å². The maximum atomic E-state index is 13.9. The number of alkyl halides is 3. The Kier molecular flexibility index (Phi) is 9.89. The van der Waals surface area contributed by atoms with Gasteiger partial charge in [0.25, 0.3) is 5.91 Å². The van der Waals surface area contributed by atoms with Crippen molar-refractivity contribution in [3.8, 4) is 5.75 Å². The van der Waals surface area contributed by atoms with Gasteiger partial charge in [0, 0.05) is 50.9 Å². The summed E-state index contributed by atoms with van der Waals surface area (Å²) < 4.78 is 65.9. The molecule has 42 heavy (non-hydrogen) atoms. The van der Waals surface area contributed by atoms with Crippen molar-refractivity contribution in [1.82, 2.24) is 15.3 Å². The fourth-order valence-electron chi connectivity index (χ4n) is 4.39. The fraction of sp³-hybridized carbons (Fsp3) is 0.393. The molecule has 1 saturated heterocycles. The molecule has 1 atom stereocenters. The minimum absolute atomic E-state index is 0.0158. The zero-order chi connectivity index (χ0) is 30.4. The fourth-order valence-corrected chi connectivity index (χ4v) is 4.83. The van der Waals surface area contributed by atoms with Gasteiger partial charge in [0.15, 0.2) is 0 Å². The second-order valence-electron chi connectivity index (χ2n) is 9.76. The second kappa shape index (κ2) is 13.4. The summed E-state index contributed by atoms with van der Waals surface area (Å²) in [7, 11) is 1.73. The molecule has 226 valence electrons. The maximum Gasteiger partial charge on any atom is 0.421 e. The molecule has 1 aliphatic rings. The Morgan fingerprint density at radius 3 is 2.60 bits per heavy atom. The highest BCUT2D eigenvalue weighted by atomic mass is 32.2. The van der Waals surface area contributed by atoms with Crippen LogP contribution in [0, 0.1) is 6.92 Å². The first-order valence-electron chi connectivity index (χ1n) is 13.1. The molecule has 0 bridgehead atoms. The minimum atomic E-state index is -4.71. The topological polar surface area (TPSA) is 118 Å². The molecule has 14 heteroatoms. The largest absolute Gasteiger partial charge is 0.495 e. The van der Waals surface area contributed by atoms with Crippen LogP contribution < -0.4 is 25.0 Å². The van der Waals surface area contributed by atoms with E-state index in [0.717, 1.165) is 18.4 Å². The van der Waals surface area contributed by atoms with Crippen LogP contribution >= 0.6 is 0 Å². The predicted octanol–water partition coefficient (Wildman–Crippen LogP) is 4.81. The van der Waals surface area contributed by atoms with Crippen molar-refractivity contribution in [2.75, 3.05) is 48.6 Å². The van der Waals surface area contributed by atoms with Crippen LogP contribution in [0.25, 0.3) is 0 Å². The normalized spacial score (nSPS) is 14.6. The molecule has 1 amide bonds. The first kappa shape index (κ1) is 31.0. The van der Waals surface area contributed by atoms with E-state index in [-0.39, 0.29) is 30.2 Å². The maximum absolute atomic E-state index is 13.9. The number of carbonyl (C=O) groups excluding carboxylic acids is 1. The average molecular weight is 607 g/mol. The number of aromatic nitrogens is 2. The Morgan fingerprint density at radius 2 is 1.93 bits per heavy atom. The van der Waals surface area contributed by atoms with Gasteiger partial charge in [0.05, 0.1) is 18.5 Å². The standard InChI is InChI=1S/C28H33F3N6O4S/c1-17-5-6-19(23(13-17)37(2)42(4)39)15-32-25-21(28(29,30)31)16-33-27(36-25)35-22-8-7-18(14-24(22)40-3)26(38)34-20-9-11-41-12-10-20/h5-8,13-14,16,20H,9-12,15H2,1-4H3,(H,34,38)(H2,32,33,35,36). The molecule has 2 heterocycles. The first-order chi connectivity index (χ1) is 20.0. The lowest BCUT2D eigenvalue weighted by atomic mass is 10.1. The van der Waals surface area contributed by atoms with Crippen molar-refractivity contribution in [1.29, 1.82) is 0 Å². The van der Waals surface area contributed by atoms with Gasteiger partial charge >= 0.3 is 6.18 Å². The molecule has 0 aliphatic carbocycles. The van der Waals surface area contributed by atoms with Crippen molar-refractivity contribution >= 4 is 40.0 Å². The molecule has 1 fully saturated rings. The number of aryl methyl sites for hydroxylation is 1. The van der Waals surface area contributed by atoms with E-state index in [1.165, 1.54) is 19.4 Å². The van der Waals surface area contributed by atoms with Gasteiger partial charge in [0.2, 0.25) is 5.95 Å². The van der Waals surface area contributed by atoms with Crippen LogP contribution in [0.3, 0.4) is 0 Å². The molecule has 2 aromatic carbocycles. The summed E-state index contributed by atoms with van der Waals surface area (Å²) in [6.45, 7) is 3.03. The summed E-state index contributed by atoms with van der Waals surface area (Å²) in [4.78, 5) is 20.7. The zero-order valence-electron chi connectivity index (χ0n) is 23.7. The number of halogens is 3. The van der Waals surface area contributed by atoms with Crippen LogP contribution in [0.4, 0.5) is 36.3 Å². The number of hydrogen-bond acceptors (Lipinski definition) is 8. The van der Waals surface area contributed by atoms with Crippen LogP contribution in [-0.4, -0.2) is 59.8 Å². The summed E-state index contributed by atoms with van der Waals surface area (Å²) >= 11 is 0. The highest BCUT2D eigenvalue weighted by Gasteiger charge is 2.35. The molecule has 10 nitrogen and oxygen atoms in total. The second-order valence-corrected chi connectivity index (χ2v) is 11.2. The van der Waals surface area contributed by atoms with E-state index in [4.69, 9.17) is 9.47 Å². The van der Waals surface area contributed by atoms with Gasteiger partial charge in [-0.2, -0.15) is 18.2 Å². The smallest absolute Gasteiger partial charge is 0.421 e. The molecule has 1 unspecified atom stereocenters. The number of methoxy groups -OCH3 is 1. The van der Waals surface area contributed by atoms with Crippen molar-refractivity contribution in [3.05, 3.63) is 64.8 Å². The third-order valence-corrected chi connectivity index (χ3v) is 7.74. The SMILES string of the molecule is COc1cc(C(=O)NC2CCOCC2)ccc1Nc1ncc(C(F)(F)F)c(NCc2ccc(C)cc2N(C)S(C)=O)n1. The lowest BCUT2D eigenvalue weighted by Gasteiger charge is -2.23. The van der Waals surface area contributed by atoms with E-state index in [0.29, 0.717) is 41.9 Å². The van der Waals surface area contributed by atoms with Crippen molar-refractivity contribution < 1.29 is 31.6 Å². The van der Waals surface area contributed by atoms with Gasteiger partial charge in [-0.05, 0) is 55.2 Å². The van der Waals surface area contributed by atoms with Gasteiger partial charge in [-0.15, -0.1) is 0 Å². The van der Waals surface area contributed by atoms with Gasteiger partial charge in [-0.25, -0.2) is 9.19 Å². The van der Waals surface area contributed by atoms with E-state index in [2.05, 4.69) is 25.9 Å². The third-order valence-electron chi connectivity index (χ3n) is 6.77. The number of benzene rings is 2. The Balaban J connectivity index is 1.56. The quantitative estimate of drug-likeness (QED) is 0.301. The number of nitrogens with one attached hydrogen (secondary N) is 3. The van der Waals surface area contributed by atoms with Gasteiger partial charge in [0.1, 0.15) is 28.1 Å². The average Bonchev–Trinajstić information content (AvgIpc) is 2.96. The highest BCUT2D eigenvalue weighted by molar-refractivity contribution is 7.85. The highest BCUT2D eigenvalue weighted by Crippen LogP contribution is 2.35. The van der Waals surface area contributed by atoms with E-state index >= 15 is 0 Å². The van der Waals surface area contributed by atoms with E-state index in [9.17, 15) is 22.2 Å². The number of amides is 1. The predicted molar refractivity (Wildman–Crippen MR) is 156 cm³/mol. The van der Waals surface area contributed by atoms with Crippen LogP contribution in [0.15, 0.2) is 42.6 Å². The Hall–Kier alpha value is -3.91. The molecule has 0 spiro atoms. The molecule has 0 saturated carbocycles. The van der Waals surface area contributed by atoms with Crippen LogP contribution in [-0.2, 0) is 28.4 Å². The lowest BCUT2D eigenvalue weighted by Crippen LogP contribution is -2.38. The summed E-state index contributed by atoms with van der Waals surface area (Å²) in [5, 5.41) is 8.64. The van der Waals surface area contributed by atoms with E-state index in [1.807, 2.05) is 19.1 Å². The van der Waals surface area contributed by atoms with Crippen molar-refractivity contribution in [2.24, 2.45) is 0 Å². The molecule has 4 rings (SSSR count). The zero-order valence-corrected chi connectivity index (χ0v) is 24.5. The Labute approximate surface area is 244 Å². The number of carbonyl (C=O) groups is 1. The molecule has 3 N–H and O–H groups in total. The summed E-state index contributed by atoms with van der Waals surface area (Å²) in [6.07, 6.45) is -1.05. The minimum Gasteiger partial charge on any atom is -0.495 e. The summed E-state index contributed by atoms with van der Waals surface area (Å²) in [5.41, 5.74) is 1.86. The van der Waals surface area contributed by atoms with Crippen LogP contribution in [0.2, 0.25) is 0 Å². The lowest BCUT2D eigenvalue weighted by molar-refractivity contribution is -0.137. The summed E-state index contributed by atoms with van der Waals surface area (Å²) in [5.74, 6) is -0.526. The van der Waals surface area contributed by atoms with E-state index in [1.54, 1.807) is 29.6 Å². The van der Waals surface area contributed by atoms with Crippen LogP contribution in [0.5, 0.6) is 5.75 Å². The van der Waals surface area contributed by atoms with E-state index < -0.39 is 28.5 Å². The Morgan fingerprint density at radius 1 is 1.19 bits per heavy atom. The number of rotatable bonds is 10.